The van der Waals surface area contributed by atoms with Crippen LogP contribution in [0.1, 0.15) is 15.9 Å². The number of para-hydroxylation sites is 1. The molecule has 0 bridgehead atoms. The molecular weight excluding hydrogens is 538 g/mol. The molecule has 0 radical (unpaired) electrons. The van der Waals surface area contributed by atoms with E-state index >= 15 is 0 Å². The van der Waals surface area contributed by atoms with Crippen molar-refractivity contribution < 1.29 is 23.9 Å². The van der Waals surface area contributed by atoms with E-state index in [1.54, 1.807) is 61.7 Å². The molecule has 1 aliphatic rings. The molecule has 0 unspecified atom stereocenters. The maximum Gasteiger partial charge on any atom is 0.283 e. The third-order valence-corrected chi connectivity index (χ3v) is 7.38. The lowest BCUT2D eigenvalue weighted by molar-refractivity contribution is -0.120. The van der Waals surface area contributed by atoms with E-state index in [1.165, 1.54) is 7.11 Å². The molecule has 1 heterocycles. The molecule has 206 valence electrons. The molecule has 0 saturated carbocycles. The zero-order valence-corrected chi connectivity index (χ0v) is 23.5. The molecule has 4 aromatic rings. The number of carbonyl (C=O) groups is 3. The van der Waals surface area contributed by atoms with Crippen LogP contribution in [0, 0.1) is 6.92 Å². The fourth-order valence-corrected chi connectivity index (χ4v) is 5.28. The Bertz CT molecular complexity index is 1670. The van der Waals surface area contributed by atoms with E-state index in [4.69, 9.17) is 9.47 Å². The minimum absolute atomic E-state index is 0.153. The highest BCUT2D eigenvalue weighted by molar-refractivity contribution is 8.04. The molecule has 5 rings (SSSR count). The third kappa shape index (κ3) is 5.95. The molecule has 0 saturated heterocycles. The number of aryl methyl sites for hydroxylation is 1. The highest BCUT2D eigenvalue weighted by Gasteiger charge is 2.41. The van der Waals surface area contributed by atoms with E-state index in [2.05, 4.69) is 10.6 Å². The Hall–Kier alpha value is -5.02. The van der Waals surface area contributed by atoms with Gasteiger partial charge in [-0.3, -0.25) is 14.4 Å². The predicted molar refractivity (Wildman–Crippen MR) is 161 cm³/mol. The molecule has 0 aliphatic carbocycles. The number of imide groups is 1. The Balaban J connectivity index is 1.47. The number of thioether (sulfide) groups is 1. The van der Waals surface area contributed by atoms with E-state index in [9.17, 15) is 14.4 Å². The first-order chi connectivity index (χ1) is 19.9. The molecular formula is C32H27N3O5S. The van der Waals surface area contributed by atoms with E-state index < -0.39 is 11.8 Å². The smallest absolute Gasteiger partial charge is 0.283 e. The average molecular weight is 566 g/mol. The number of nitrogens with one attached hydrogen (secondary N) is 2. The molecule has 41 heavy (non-hydrogen) atoms. The van der Waals surface area contributed by atoms with Crippen LogP contribution in [0.3, 0.4) is 0 Å². The second-order valence-corrected chi connectivity index (χ2v) is 10.2. The number of methoxy groups -OCH3 is 2. The number of anilines is 3. The topological polar surface area (TPSA) is 97.0 Å². The van der Waals surface area contributed by atoms with Gasteiger partial charge in [-0.25, -0.2) is 4.90 Å². The van der Waals surface area contributed by atoms with Crippen LogP contribution >= 0.6 is 11.8 Å². The van der Waals surface area contributed by atoms with Crippen molar-refractivity contribution in [3.8, 4) is 11.5 Å². The SMILES string of the molecule is COc1cccc(C(=O)Nc2cccc(SC3=C(Nc4ccccc4)C(=O)N(c4cc(C)ccc4OC)C3=O)c2)c1. The second kappa shape index (κ2) is 12.0. The van der Waals surface area contributed by atoms with Gasteiger partial charge >= 0.3 is 0 Å². The summed E-state index contributed by atoms with van der Waals surface area (Å²) in [6, 6.07) is 28.5. The molecule has 0 fully saturated rings. The first-order valence-corrected chi connectivity index (χ1v) is 13.5. The summed E-state index contributed by atoms with van der Waals surface area (Å²) in [5.41, 5.74) is 3.04. The van der Waals surface area contributed by atoms with Gasteiger partial charge in [0, 0.05) is 21.8 Å². The number of ether oxygens (including phenoxy) is 2. The fraction of sp³-hybridized carbons (Fsp3) is 0.0938. The van der Waals surface area contributed by atoms with Gasteiger partial charge in [0.25, 0.3) is 17.7 Å². The first kappa shape index (κ1) is 27.5. The molecule has 0 spiro atoms. The van der Waals surface area contributed by atoms with E-state index in [0.717, 1.165) is 22.2 Å². The van der Waals surface area contributed by atoms with Crippen LogP contribution in [0.15, 0.2) is 113 Å². The number of hydrogen-bond acceptors (Lipinski definition) is 7. The van der Waals surface area contributed by atoms with Crippen LogP contribution < -0.4 is 25.0 Å². The van der Waals surface area contributed by atoms with Gasteiger partial charge < -0.3 is 20.1 Å². The summed E-state index contributed by atoms with van der Waals surface area (Å²) in [6.45, 7) is 1.88. The van der Waals surface area contributed by atoms with Crippen molar-refractivity contribution >= 4 is 46.5 Å². The van der Waals surface area contributed by atoms with E-state index in [0.29, 0.717) is 39.0 Å². The predicted octanol–water partition coefficient (Wildman–Crippen LogP) is 6.25. The number of carbonyl (C=O) groups excluding carboxylic acids is 3. The monoisotopic (exact) mass is 565 g/mol. The summed E-state index contributed by atoms with van der Waals surface area (Å²) in [5, 5.41) is 6.03. The van der Waals surface area contributed by atoms with Crippen LogP contribution in [0.2, 0.25) is 0 Å². The van der Waals surface area contributed by atoms with Crippen molar-refractivity contribution in [2.75, 3.05) is 29.8 Å². The lowest BCUT2D eigenvalue weighted by Crippen LogP contribution is -2.32. The van der Waals surface area contributed by atoms with Gasteiger partial charge in [0.05, 0.1) is 19.9 Å². The molecule has 2 N–H and O–H groups in total. The van der Waals surface area contributed by atoms with Crippen LogP contribution in [0.25, 0.3) is 0 Å². The molecule has 4 aromatic carbocycles. The lowest BCUT2D eigenvalue weighted by Gasteiger charge is -2.19. The summed E-state index contributed by atoms with van der Waals surface area (Å²) in [6.07, 6.45) is 0. The highest BCUT2D eigenvalue weighted by atomic mass is 32.2. The number of nitrogens with zero attached hydrogens (tertiary/aromatic N) is 1. The van der Waals surface area contributed by atoms with Crippen LogP contribution in [-0.2, 0) is 9.59 Å². The molecule has 8 nitrogen and oxygen atoms in total. The van der Waals surface area contributed by atoms with Crippen molar-refractivity contribution in [3.05, 3.63) is 119 Å². The largest absolute Gasteiger partial charge is 0.497 e. The van der Waals surface area contributed by atoms with Crippen molar-refractivity contribution in [1.82, 2.24) is 0 Å². The highest BCUT2D eigenvalue weighted by Crippen LogP contribution is 2.41. The Morgan fingerprint density at radius 2 is 1.54 bits per heavy atom. The first-order valence-electron chi connectivity index (χ1n) is 12.7. The van der Waals surface area contributed by atoms with Gasteiger partial charge in [0.1, 0.15) is 22.1 Å². The van der Waals surface area contributed by atoms with Gasteiger partial charge in [-0.15, -0.1) is 0 Å². The normalized spacial score (nSPS) is 12.9. The van der Waals surface area contributed by atoms with Crippen molar-refractivity contribution in [2.24, 2.45) is 0 Å². The number of hydrogen-bond donors (Lipinski definition) is 2. The van der Waals surface area contributed by atoms with Gasteiger partial charge in [0.2, 0.25) is 0 Å². The van der Waals surface area contributed by atoms with Crippen LogP contribution in [0.5, 0.6) is 11.5 Å². The summed E-state index contributed by atoms with van der Waals surface area (Å²) in [5.74, 6) is -0.293. The van der Waals surface area contributed by atoms with Crippen molar-refractivity contribution in [2.45, 2.75) is 11.8 Å². The maximum absolute atomic E-state index is 13.9. The van der Waals surface area contributed by atoms with E-state index in [1.807, 2.05) is 49.4 Å². The third-order valence-electron chi connectivity index (χ3n) is 6.30. The lowest BCUT2D eigenvalue weighted by atomic mass is 10.2. The summed E-state index contributed by atoms with van der Waals surface area (Å²) in [7, 11) is 3.04. The quantitative estimate of drug-likeness (QED) is 0.232. The number of rotatable bonds is 9. The average Bonchev–Trinajstić information content (AvgIpc) is 3.21. The van der Waals surface area contributed by atoms with Crippen molar-refractivity contribution in [3.63, 3.8) is 0 Å². The molecule has 9 heteroatoms. The summed E-state index contributed by atoms with van der Waals surface area (Å²) >= 11 is 1.14. The summed E-state index contributed by atoms with van der Waals surface area (Å²) < 4.78 is 10.7. The van der Waals surface area contributed by atoms with Gasteiger partial charge in [0.15, 0.2) is 0 Å². The number of benzene rings is 4. The Labute approximate surface area is 242 Å². The fourth-order valence-electron chi connectivity index (χ4n) is 4.30. The van der Waals surface area contributed by atoms with E-state index in [-0.39, 0.29) is 16.5 Å². The standard InChI is InChI=1S/C32H27N3O5S/c1-20-15-16-27(40-3)26(17-20)35-31(37)28(33-22-10-5-4-6-11-22)29(32(35)38)41-25-14-8-12-23(19-25)34-30(36)21-9-7-13-24(18-21)39-2/h4-19,33H,1-3H3,(H,34,36). The molecule has 0 atom stereocenters. The Morgan fingerprint density at radius 3 is 2.29 bits per heavy atom. The molecule has 3 amide bonds. The summed E-state index contributed by atoms with van der Waals surface area (Å²) in [4.78, 5) is 42.5. The van der Waals surface area contributed by atoms with Crippen LogP contribution in [0.4, 0.5) is 17.1 Å². The zero-order valence-electron chi connectivity index (χ0n) is 22.6. The molecule has 1 aliphatic heterocycles. The van der Waals surface area contributed by atoms with Gasteiger partial charge in [-0.05, 0) is 73.2 Å². The van der Waals surface area contributed by atoms with Crippen LogP contribution in [-0.4, -0.2) is 31.9 Å². The molecule has 0 aromatic heterocycles. The van der Waals surface area contributed by atoms with Gasteiger partial charge in [-0.2, -0.15) is 0 Å². The Kier molecular flexibility index (Phi) is 8.07. The van der Waals surface area contributed by atoms with Gasteiger partial charge in [-0.1, -0.05) is 48.2 Å². The second-order valence-electron chi connectivity index (χ2n) is 9.13. The number of amides is 3. The minimum atomic E-state index is -0.493. The zero-order chi connectivity index (χ0) is 28.9. The van der Waals surface area contributed by atoms with Crippen molar-refractivity contribution in [1.29, 1.82) is 0 Å². The Morgan fingerprint density at radius 1 is 0.780 bits per heavy atom. The maximum atomic E-state index is 13.9. The minimum Gasteiger partial charge on any atom is -0.497 e.